The van der Waals surface area contributed by atoms with Crippen molar-refractivity contribution in [2.24, 2.45) is 4.99 Å². The molecule has 28 heavy (non-hydrogen) atoms. The number of anilines is 1. The van der Waals surface area contributed by atoms with Gasteiger partial charge in [-0.25, -0.2) is 0 Å². The van der Waals surface area contributed by atoms with E-state index in [1.807, 2.05) is 44.3 Å². The van der Waals surface area contributed by atoms with Crippen molar-refractivity contribution in [3.63, 3.8) is 0 Å². The van der Waals surface area contributed by atoms with E-state index in [0.29, 0.717) is 17.2 Å². The van der Waals surface area contributed by atoms with Gasteiger partial charge in [-0.2, -0.15) is 0 Å². The molecule has 2 unspecified atom stereocenters. The molecule has 7 heteroatoms. The fraction of sp³-hybridized carbons (Fsp3) is 0.381. The van der Waals surface area contributed by atoms with E-state index >= 15 is 0 Å². The van der Waals surface area contributed by atoms with Gasteiger partial charge in [0.15, 0.2) is 0 Å². The first-order valence-corrected chi connectivity index (χ1v) is 9.05. The number of nitrogens with one attached hydrogen (secondary N) is 1. The zero-order chi connectivity index (χ0) is 20.3. The van der Waals surface area contributed by atoms with Crippen molar-refractivity contribution in [2.45, 2.75) is 26.1 Å². The number of hydrogen-bond acceptors (Lipinski definition) is 7. The summed E-state index contributed by atoms with van der Waals surface area (Å²) in [4.78, 5) is 4.63. The summed E-state index contributed by atoms with van der Waals surface area (Å²) in [6.45, 7) is 3.61. The van der Waals surface area contributed by atoms with Gasteiger partial charge >= 0.3 is 0 Å². The van der Waals surface area contributed by atoms with Crippen LogP contribution in [-0.4, -0.2) is 50.0 Å². The Morgan fingerprint density at radius 2 is 1.82 bits per heavy atom. The van der Waals surface area contributed by atoms with Crippen molar-refractivity contribution in [1.82, 2.24) is 0 Å². The first-order valence-electron chi connectivity index (χ1n) is 9.05. The Bertz CT molecular complexity index is 858. The van der Waals surface area contributed by atoms with Gasteiger partial charge in [0, 0.05) is 18.3 Å². The van der Waals surface area contributed by atoms with Crippen LogP contribution in [0.25, 0.3) is 0 Å². The Hall–Kier alpha value is -2.77. The second-order valence-electron chi connectivity index (χ2n) is 6.75. The average molecular weight is 386 g/mol. The zero-order valence-electron chi connectivity index (χ0n) is 16.5. The lowest BCUT2D eigenvalue weighted by Crippen LogP contribution is -2.22. The quantitative estimate of drug-likeness (QED) is 0.677. The standard InChI is InChI=1S/C21H26N2O5/c1-12-5-14(6-13(2)20(12)28-11-15(25)10-24)21-22-9-17-18(23-21)7-16(26-3)8-19(17)27-4/h5-9,15,21,23-25H,10-11H2,1-4H3. The van der Waals surface area contributed by atoms with E-state index < -0.39 is 6.10 Å². The van der Waals surface area contributed by atoms with Crippen molar-refractivity contribution < 1.29 is 24.4 Å². The number of benzene rings is 2. The Labute approximate surface area is 164 Å². The molecule has 0 spiro atoms. The van der Waals surface area contributed by atoms with Crippen molar-refractivity contribution in [3.8, 4) is 17.2 Å². The maximum atomic E-state index is 9.51. The van der Waals surface area contributed by atoms with Crippen molar-refractivity contribution in [3.05, 3.63) is 46.5 Å². The van der Waals surface area contributed by atoms with Crippen LogP contribution in [-0.2, 0) is 0 Å². The van der Waals surface area contributed by atoms with Gasteiger partial charge in [0.1, 0.15) is 36.1 Å². The largest absolute Gasteiger partial charge is 0.497 e. The van der Waals surface area contributed by atoms with Crippen molar-refractivity contribution in [1.29, 1.82) is 0 Å². The number of aryl methyl sites for hydroxylation is 2. The van der Waals surface area contributed by atoms with Gasteiger partial charge in [0.05, 0.1) is 32.1 Å². The van der Waals surface area contributed by atoms with Crippen molar-refractivity contribution >= 4 is 11.9 Å². The van der Waals surface area contributed by atoms with Crippen LogP contribution in [0.4, 0.5) is 5.69 Å². The normalized spacial score (nSPS) is 16.1. The van der Waals surface area contributed by atoms with Gasteiger partial charge in [0.25, 0.3) is 0 Å². The molecule has 1 aliphatic heterocycles. The number of aliphatic hydroxyl groups excluding tert-OH is 2. The van der Waals surface area contributed by atoms with Gasteiger partial charge in [0.2, 0.25) is 0 Å². The molecule has 0 fully saturated rings. The molecule has 0 aliphatic carbocycles. The minimum atomic E-state index is -0.899. The van der Waals surface area contributed by atoms with Crippen molar-refractivity contribution in [2.75, 3.05) is 32.8 Å². The summed E-state index contributed by atoms with van der Waals surface area (Å²) >= 11 is 0. The van der Waals surface area contributed by atoms with Gasteiger partial charge in [-0.1, -0.05) is 0 Å². The lowest BCUT2D eigenvalue weighted by Gasteiger charge is -2.25. The molecule has 1 aliphatic rings. The molecule has 0 amide bonds. The highest BCUT2D eigenvalue weighted by Gasteiger charge is 2.21. The van der Waals surface area contributed by atoms with E-state index in [4.69, 9.17) is 19.3 Å². The molecule has 1 heterocycles. The highest BCUT2D eigenvalue weighted by molar-refractivity contribution is 5.94. The van der Waals surface area contributed by atoms with Gasteiger partial charge in [-0.05, 0) is 42.7 Å². The number of aliphatic hydroxyl groups is 2. The average Bonchev–Trinajstić information content (AvgIpc) is 2.71. The summed E-state index contributed by atoms with van der Waals surface area (Å²) < 4.78 is 16.5. The minimum absolute atomic E-state index is 0.0460. The van der Waals surface area contributed by atoms with Crippen LogP contribution >= 0.6 is 0 Å². The van der Waals surface area contributed by atoms with Crippen LogP contribution in [0.5, 0.6) is 17.2 Å². The summed E-state index contributed by atoms with van der Waals surface area (Å²) in [6, 6.07) is 7.76. The minimum Gasteiger partial charge on any atom is -0.497 e. The molecule has 7 nitrogen and oxygen atoms in total. The third-order valence-electron chi connectivity index (χ3n) is 4.65. The first kappa shape index (κ1) is 20.0. The molecule has 0 saturated carbocycles. The first-order chi connectivity index (χ1) is 13.5. The Kier molecular flexibility index (Phi) is 6.06. The van der Waals surface area contributed by atoms with Gasteiger partial charge in [-0.3, -0.25) is 4.99 Å². The fourth-order valence-corrected chi connectivity index (χ4v) is 3.25. The lowest BCUT2D eigenvalue weighted by molar-refractivity contribution is 0.0531. The lowest BCUT2D eigenvalue weighted by atomic mass is 10.0. The summed E-state index contributed by atoms with van der Waals surface area (Å²) in [7, 11) is 3.24. The number of hydrogen-bond donors (Lipinski definition) is 3. The topological polar surface area (TPSA) is 92.5 Å². The Balaban J connectivity index is 1.86. The van der Waals surface area contributed by atoms with Crippen LogP contribution in [0.3, 0.4) is 0 Å². The second kappa shape index (κ2) is 8.50. The van der Waals surface area contributed by atoms with Crippen LogP contribution < -0.4 is 19.5 Å². The number of methoxy groups -OCH3 is 2. The molecule has 3 rings (SSSR count). The van der Waals surface area contributed by atoms with Gasteiger partial charge in [-0.15, -0.1) is 0 Å². The molecule has 150 valence electrons. The van der Waals surface area contributed by atoms with E-state index in [1.54, 1.807) is 14.2 Å². The maximum absolute atomic E-state index is 9.51. The summed E-state index contributed by atoms with van der Waals surface area (Å²) in [5.41, 5.74) is 4.63. The van der Waals surface area contributed by atoms with Crippen LogP contribution in [0, 0.1) is 13.8 Å². The molecule has 3 N–H and O–H groups in total. The molecular formula is C21H26N2O5. The monoisotopic (exact) mass is 386 g/mol. The molecule has 0 radical (unpaired) electrons. The third kappa shape index (κ3) is 4.05. The Morgan fingerprint density at radius 3 is 2.43 bits per heavy atom. The fourth-order valence-electron chi connectivity index (χ4n) is 3.25. The van der Waals surface area contributed by atoms with E-state index in [1.165, 1.54) is 0 Å². The van der Waals surface area contributed by atoms with Crippen LogP contribution in [0.2, 0.25) is 0 Å². The highest BCUT2D eigenvalue weighted by Crippen LogP contribution is 2.37. The molecule has 0 saturated heterocycles. The number of rotatable bonds is 7. The number of fused-ring (bicyclic) bond motifs is 1. The summed E-state index contributed by atoms with van der Waals surface area (Å²) in [5.74, 6) is 2.11. The molecular weight excluding hydrogens is 360 g/mol. The molecule has 2 aromatic carbocycles. The summed E-state index contributed by atoms with van der Waals surface area (Å²) in [5, 5.41) is 21.9. The third-order valence-corrected chi connectivity index (χ3v) is 4.65. The van der Waals surface area contributed by atoms with Gasteiger partial charge < -0.3 is 29.7 Å². The molecule has 2 atom stereocenters. The molecule has 0 aromatic heterocycles. The molecule has 0 bridgehead atoms. The maximum Gasteiger partial charge on any atom is 0.144 e. The van der Waals surface area contributed by atoms with E-state index in [-0.39, 0.29) is 19.4 Å². The number of aliphatic imine (C=N–C) groups is 1. The number of nitrogens with zero attached hydrogens (tertiary/aromatic N) is 1. The zero-order valence-corrected chi connectivity index (χ0v) is 16.5. The van der Waals surface area contributed by atoms with E-state index in [0.717, 1.165) is 27.9 Å². The number of ether oxygens (including phenoxy) is 3. The van der Waals surface area contributed by atoms with Crippen LogP contribution in [0.1, 0.15) is 28.4 Å². The SMILES string of the molecule is COc1cc2c(c(OC)c1)C=NC(c1cc(C)c(OCC(O)CO)c(C)c1)N2. The smallest absolute Gasteiger partial charge is 0.144 e. The van der Waals surface area contributed by atoms with E-state index in [9.17, 15) is 5.11 Å². The highest BCUT2D eigenvalue weighted by atomic mass is 16.5. The summed E-state index contributed by atoms with van der Waals surface area (Å²) in [6.07, 6.45) is 0.657. The predicted molar refractivity (Wildman–Crippen MR) is 108 cm³/mol. The second-order valence-corrected chi connectivity index (χ2v) is 6.75. The van der Waals surface area contributed by atoms with E-state index in [2.05, 4.69) is 10.3 Å². The predicted octanol–water partition coefficient (Wildman–Crippen LogP) is 2.60. The van der Waals surface area contributed by atoms with Crippen LogP contribution in [0.15, 0.2) is 29.3 Å². The molecule has 2 aromatic rings. The Morgan fingerprint density at radius 1 is 1.11 bits per heavy atom.